The predicted octanol–water partition coefficient (Wildman–Crippen LogP) is 3.02. The summed E-state index contributed by atoms with van der Waals surface area (Å²) < 4.78 is 9.76. The predicted molar refractivity (Wildman–Crippen MR) is 69.1 cm³/mol. The topological polar surface area (TPSA) is 55.8 Å². The fourth-order valence-corrected chi connectivity index (χ4v) is 1.79. The van der Waals surface area contributed by atoms with Gasteiger partial charge in [-0.15, -0.1) is 11.6 Å². The minimum absolute atomic E-state index is 0.0387. The van der Waals surface area contributed by atoms with Gasteiger partial charge in [-0.3, -0.25) is 4.79 Å². The van der Waals surface area contributed by atoms with E-state index in [1.807, 2.05) is 0 Å². The molecule has 0 amide bonds. The normalized spacial score (nSPS) is 11.9. The molecular weight excluding hydrogens is 256 g/mol. The van der Waals surface area contributed by atoms with E-state index in [1.54, 1.807) is 25.1 Å². The van der Waals surface area contributed by atoms with Gasteiger partial charge in [0.25, 0.3) is 0 Å². The molecule has 1 rings (SSSR count). The molecule has 0 saturated heterocycles. The van der Waals surface area contributed by atoms with Crippen molar-refractivity contribution in [1.82, 2.24) is 0 Å². The number of aromatic hydroxyl groups is 1. The van der Waals surface area contributed by atoms with E-state index in [1.165, 1.54) is 7.11 Å². The Kier molecular flexibility index (Phi) is 5.78. The van der Waals surface area contributed by atoms with E-state index in [0.717, 1.165) is 5.56 Å². The van der Waals surface area contributed by atoms with Crippen LogP contribution in [0.15, 0.2) is 18.2 Å². The van der Waals surface area contributed by atoms with E-state index in [0.29, 0.717) is 18.8 Å². The lowest BCUT2D eigenvalue weighted by atomic mass is 10.1. The van der Waals surface area contributed by atoms with Crippen LogP contribution in [0.1, 0.15) is 30.7 Å². The molecule has 1 N–H and O–H groups in total. The van der Waals surface area contributed by atoms with Crippen LogP contribution in [-0.4, -0.2) is 24.8 Å². The van der Waals surface area contributed by atoms with E-state index < -0.39 is 0 Å². The van der Waals surface area contributed by atoms with Crippen molar-refractivity contribution in [1.29, 1.82) is 0 Å². The molecular formula is C13H17ClO4. The first-order chi connectivity index (χ1) is 8.58. The maximum atomic E-state index is 11.2. The van der Waals surface area contributed by atoms with Gasteiger partial charge in [0.1, 0.15) is 0 Å². The molecule has 100 valence electrons. The maximum Gasteiger partial charge on any atom is 0.305 e. The molecule has 1 aromatic carbocycles. The number of rotatable bonds is 6. The van der Waals surface area contributed by atoms with Crippen LogP contribution in [0, 0.1) is 0 Å². The highest BCUT2D eigenvalue weighted by Crippen LogP contribution is 2.33. The minimum Gasteiger partial charge on any atom is -0.504 e. The number of alkyl halides is 1. The molecule has 4 nitrogen and oxygen atoms in total. The number of halogens is 1. The zero-order valence-corrected chi connectivity index (χ0v) is 11.2. The monoisotopic (exact) mass is 272 g/mol. The highest BCUT2D eigenvalue weighted by molar-refractivity contribution is 6.20. The van der Waals surface area contributed by atoms with Crippen LogP contribution >= 0.6 is 11.6 Å². The van der Waals surface area contributed by atoms with Crippen molar-refractivity contribution in [3.8, 4) is 11.5 Å². The van der Waals surface area contributed by atoms with Gasteiger partial charge in [-0.1, -0.05) is 6.07 Å². The Morgan fingerprint density at radius 1 is 1.50 bits per heavy atom. The van der Waals surface area contributed by atoms with Gasteiger partial charge >= 0.3 is 5.97 Å². The minimum atomic E-state index is -0.341. The van der Waals surface area contributed by atoms with Gasteiger partial charge in [-0.05, 0) is 31.0 Å². The molecule has 0 fully saturated rings. The molecule has 0 spiro atoms. The average molecular weight is 273 g/mol. The van der Waals surface area contributed by atoms with Crippen LogP contribution < -0.4 is 4.74 Å². The number of hydrogen-bond acceptors (Lipinski definition) is 4. The van der Waals surface area contributed by atoms with Crippen LogP contribution in [0.25, 0.3) is 0 Å². The Labute approximate surface area is 111 Å². The van der Waals surface area contributed by atoms with Crippen molar-refractivity contribution in [3.63, 3.8) is 0 Å². The summed E-state index contributed by atoms with van der Waals surface area (Å²) in [4.78, 5) is 11.2. The zero-order chi connectivity index (χ0) is 13.5. The van der Waals surface area contributed by atoms with Crippen molar-refractivity contribution in [2.75, 3.05) is 13.7 Å². The third-order valence-corrected chi connectivity index (χ3v) is 2.94. The summed E-state index contributed by atoms with van der Waals surface area (Å²) in [6.45, 7) is 2.13. The number of phenols is 1. The summed E-state index contributed by atoms with van der Waals surface area (Å²) >= 11 is 6.16. The second-order valence-corrected chi connectivity index (χ2v) is 4.27. The molecule has 0 aliphatic carbocycles. The Morgan fingerprint density at radius 3 is 2.78 bits per heavy atom. The second kappa shape index (κ2) is 7.11. The molecule has 18 heavy (non-hydrogen) atoms. The number of phenolic OH excluding ortho intramolecular Hbond substituents is 1. The summed E-state index contributed by atoms with van der Waals surface area (Å²) in [5.74, 6) is 0.172. The first-order valence-electron chi connectivity index (χ1n) is 5.75. The van der Waals surface area contributed by atoms with E-state index in [4.69, 9.17) is 21.1 Å². The largest absolute Gasteiger partial charge is 0.504 e. The van der Waals surface area contributed by atoms with E-state index in [-0.39, 0.29) is 23.5 Å². The lowest BCUT2D eigenvalue weighted by Gasteiger charge is -2.11. The summed E-state index contributed by atoms with van der Waals surface area (Å²) in [6, 6.07) is 4.95. The summed E-state index contributed by atoms with van der Waals surface area (Å²) in [5.41, 5.74) is 0.749. The highest BCUT2D eigenvalue weighted by atomic mass is 35.5. The standard InChI is InChI=1S/C13H17ClO4/c1-3-18-13(16)7-5-10(14)9-4-6-12(17-2)11(15)8-9/h4,6,8,10,15H,3,5,7H2,1-2H3. The Hall–Kier alpha value is -1.42. The molecule has 5 heteroatoms. The molecule has 0 saturated carbocycles. The Balaban J connectivity index is 2.58. The van der Waals surface area contributed by atoms with Crippen LogP contribution in [0.3, 0.4) is 0 Å². The van der Waals surface area contributed by atoms with E-state index >= 15 is 0 Å². The highest BCUT2D eigenvalue weighted by Gasteiger charge is 2.13. The first-order valence-corrected chi connectivity index (χ1v) is 6.18. The third-order valence-electron chi connectivity index (χ3n) is 2.47. The lowest BCUT2D eigenvalue weighted by molar-refractivity contribution is -0.143. The van der Waals surface area contributed by atoms with Gasteiger partial charge < -0.3 is 14.6 Å². The molecule has 0 heterocycles. The number of benzene rings is 1. The fourth-order valence-electron chi connectivity index (χ4n) is 1.55. The van der Waals surface area contributed by atoms with Crippen molar-refractivity contribution in [2.24, 2.45) is 0 Å². The van der Waals surface area contributed by atoms with Crippen LogP contribution in [0.4, 0.5) is 0 Å². The van der Waals surface area contributed by atoms with Crippen molar-refractivity contribution in [2.45, 2.75) is 25.1 Å². The van der Waals surface area contributed by atoms with Gasteiger partial charge in [0, 0.05) is 6.42 Å². The molecule has 0 radical (unpaired) electrons. The van der Waals surface area contributed by atoms with Gasteiger partial charge in [0.05, 0.1) is 19.1 Å². The number of hydrogen-bond donors (Lipinski definition) is 1. The van der Waals surface area contributed by atoms with E-state index in [9.17, 15) is 9.90 Å². The molecule has 0 aliphatic heterocycles. The molecule has 1 atom stereocenters. The van der Waals surface area contributed by atoms with Crippen LogP contribution in [-0.2, 0) is 9.53 Å². The number of carbonyl (C=O) groups is 1. The quantitative estimate of drug-likeness (QED) is 0.639. The molecule has 1 aromatic rings. The Bertz CT molecular complexity index is 406. The van der Waals surface area contributed by atoms with Gasteiger partial charge in [-0.2, -0.15) is 0 Å². The summed E-state index contributed by atoms with van der Waals surface area (Å²) in [6.07, 6.45) is 0.723. The number of carbonyl (C=O) groups excluding carboxylic acids is 1. The average Bonchev–Trinajstić information content (AvgIpc) is 2.36. The lowest BCUT2D eigenvalue weighted by Crippen LogP contribution is -2.05. The van der Waals surface area contributed by atoms with Crippen LogP contribution in [0.5, 0.6) is 11.5 Å². The Morgan fingerprint density at radius 2 is 2.22 bits per heavy atom. The molecule has 0 aromatic heterocycles. The van der Waals surface area contributed by atoms with Crippen LogP contribution in [0.2, 0.25) is 0 Å². The van der Waals surface area contributed by atoms with Crippen molar-refractivity contribution in [3.05, 3.63) is 23.8 Å². The summed E-state index contributed by atoms with van der Waals surface area (Å²) in [7, 11) is 1.48. The fraction of sp³-hybridized carbons (Fsp3) is 0.462. The van der Waals surface area contributed by atoms with Gasteiger partial charge in [0.2, 0.25) is 0 Å². The van der Waals surface area contributed by atoms with E-state index in [2.05, 4.69) is 0 Å². The molecule has 0 aliphatic rings. The van der Waals surface area contributed by atoms with Crippen molar-refractivity contribution < 1.29 is 19.4 Å². The SMILES string of the molecule is CCOC(=O)CCC(Cl)c1ccc(OC)c(O)c1. The zero-order valence-electron chi connectivity index (χ0n) is 10.5. The number of methoxy groups -OCH3 is 1. The van der Waals surface area contributed by atoms with Crippen molar-refractivity contribution >= 4 is 17.6 Å². The maximum absolute atomic E-state index is 11.2. The van der Waals surface area contributed by atoms with Gasteiger partial charge in [0.15, 0.2) is 11.5 Å². The smallest absolute Gasteiger partial charge is 0.305 e. The third kappa shape index (κ3) is 4.11. The molecule has 1 unspecified atom stereocenters. The van der Waals surface area contributed by atoms with Gasteiger partial charge in [-0.25, -0.2) is 0 Å². The molecule has 0 bridgehead atoms. The number of esters is 1. The second-order valence-electron chi connectivity index (χ2n) is 3.74. The summed E-state index contributed by atoms with van der Waals surface area (Å²) in [5, 5.41) is 9.29. The number of ether oxygens (including phenoxy) is 2. The first kappa shape index (κ1) is 14.6.